The van der Waals surface area contributed by atoms with Crippen molar-refractivity contribution in [2.75, 3.05) is 81.3 Å². The number of amides is 3. The minimum absolute atomic E-state index is 0.0878. The van der Waals surface area contributed by atoms with Gasteiger partial charge in [0.25, 0.3) is 17.7 Å². The average molecular weight is 743 g/mol. The number of rotatable bonds is 11. The number of anilines is 5. The Balaban J connectivity index is 1.15. The fourth-order valence-corrected chi connectivity index (χ4v) is 6.70. The molecular formula is C40H45F3N8O3. The molecule has 3 amide bonds. The normalized spacial score (nSPS) is 15.4. The summed E-state index contributed by atoms with van der Waals surface area (Å²) in [4.78, 5) is 48.7. The van der Waals surface area contributed by atoms with Crippen LogP contribution in [0, 0.1) is 13.8 Å². The van der Waals surface area contributed by atoms with Crippen LogP contribution in [0.15, 0.2) is 60.7 Å². The lowest BCUT2D eigenvalue weighted by Crippen LogP contribution is -2.44. The highest BCUT2D eigenvalue weighted by molar-refractivity contribution is 6.35. The van der Waals surface area contributed by atoms with Crippen molar-refractivity contribution in [2.45, 2.75) is 26.4 Å². The van der Waals surface area contributed by atoms with E-state index in [1.807, 2.05) is 52.0 Å². The van der Waals surface area contributed by atoms with Gasteiger partial charge in [0.15, 0.2) is 0 Å². The Morgan fingerprint density at radius 1 is 0.926 bits per heavy atom. The molecule has 54 heavy (non-hydrogen) atoms. The Morgan fingerprint density at radius 3 is 2.37 bits per heavy atom. The molecule has 2 aliphatic rings. The predicted octanol–water partition coefficient (Wildman–Crippen LogP) is 6.57. The van der Waals surface area contributed by atoms with Gasteiger partial charge >= 0.3 is 6.18 Å². The number of carbonyl (C=O) groups excluding carboxylic acids is 3. The van der Waals surface area contributed by atoms with Crippen LogP contribution in [0.25, 0.3) is 11.6 Å². The number of hydrogen-bond donors (Lipinski definition) is 5. The molecule has 4 aromatic rings. The number of likely N-dealkylation sites (N-methyl/N-ethyl adjacent to an activating group) is 1. The molecule has 0 atom stereocenters. The monoisotopic (exact) mass is 742 g/mol. The molecule has 6 rings (SSSR count). The molecule has 2 aliphatic heterocycles. The third-order valence-corrected chi connectivity index (χ3v) is 9.65. The van der Waals surface area contributed by atoms with Crippen LogP contribution in [0.4, 0.5) is 41.6 Å². The molecule has 14 heteroatoms. The molecule has 284 valence electrons. The van der Waals surface area contributed by atoms with E-state index in [9.17, 15) is 27.6 Å². The number of alkyl halides is 3. The van der Waals surface area contributed by atoms with Gasteiger partial charge in [0.05, 0.1) is 22.4 Å². The number of carbonyl (C=O) groups is 3. The van der Waals surface area contributed by atoms with E-state index in [2.05, 4.69) is 36.1 Å². The Kier molecular flexibility index (Phi) is 11.1. The number of nitrogens with zero attached hydrogens (tertiary/aromatic N) is 3. The summed E-state index contributed by atoms with van der Waals surface area (Å²) in [5.41, 5.74) is 5.51. The van der Waals surface area contributed by atoms with Gasteiger partial charge in [-0.05, 0) is 108 Å². The van der Waals surface area contributed by atoms with Crippen LogP contribution in [0.1, 0.15) is 55.2 Å². The minimum atomic E-state index is -4.61. The van der Waals surface area contributed by atoms with Crippen molar-refractivity contribution in [3.8, 4) is 0 Å². The lowest BCUT2D eigenvalue weighted by atomic mass is 10.0. The first kappa shape index (κ1) is 38.1. The third kappa shape index (κ3) is 8.77. The maximum absolute atomic E-state index is 13.9. The maximum Gasteiger partial charge on any atom is 0.416 e. The lowest BCUT2D eigenvalue weighted by molar-refractivity contribution is -0.137. The Bertz CT molecular complexity index is 2100. The summed E-state index contributed by atoms with van der Waals surface area (Å²) in [6.45, 7) is 7.64. The van der Waals surface area contributed by atoms with E-state index in [1.54, 1.807) is 36.4 Å². The first-order chi connectivity index (χ1) is 25.7. The van der Waals surface area contributed by atoms with E-state index in [4.69, 9.17) is 0 Å². The van der Waals surface area contributed by atoms with Gasteiger partial charge in [-0.1, -0.05) is 12.1 Å². The quantitative estimate of drug-likeness (QED) is 0.0870. The summed E-state index contributed by atoms with van der Waals surface area (Å²) in [6.07, 6.45) is -2.03. The summed E-state index contributed by atoms with van der Waals surface area (Å²) in [5.74, 6) is -1.10. The van der Waals surface area contributed by atoms with Gasteiger partial charge in [0, 0.05) is 78.0 Å². The fraction of sp³-hybridized carbons (Fsp3) is 0.325. The summed E-state index contributed by atoms with van der Waals surface area (Å²) in [6, 6.07) is 15.7. The summed E-state index contributed by atoms with van der Waals surface area (Å²) in [5, 5.41) is 11.9. The van der Waals surface area contributed by atoms with Crippen LogP contribution in [-0.2, 0) is 11.0 Å². The number of aromatic amines is 1. The van der Waals surface area contributed by atoms with Crippen molar-refractivity contribution in [3.05, 3.63) is 99.9 Å². The van der Waals surface area contributed by atoms with Crippen LogP contribution >= 0.6 is 0 Å². The number of halogens is 3. The lowest BCUT2D eigenvalue weighted by Gasteiger charge is -2.34. The second-order valence-electron chi connectivity index (χ2n) is 14.1. The zero-order valence-electron chi connectivity index (χ0n) is 31.0. The van der Waals surface area contributed by atoms with E-state index in [-0.39, 0.29) is 17.4 Å². The van der Waals surface area contributed by atoms with Crippen molar-refractivity contribution in [3.63, 3.8) is 0 Å². The molecular weight excluding hydrogens is 697 g/mol. The van der Waals surface area contributed by atoms with Gasteiger partial charge < -0.3 is 41.0 Å². The molecule has 5 N–H and O–H groups in total. The molecule has 0 spiro atoms. The van der Waals surface area contributed by atoms with E-state index in [0.717, 1.165) is 30.7 Å². The van der Waals surface area contributed by atoms with Crippen LogP contribution in [0.3, 0.4) is 0 Å². The number of fused-ring (bicyclic) bond motifs is 1. The molecule has 0 unspecified atom stereocenters. The van der Waals surface area contributed by atoms with Gasteiger partial charge in [-0.2, -0.15) is 13.2 Å². The maximum atomic E-state index is 13.9. The Hall–Kier alpha value is -5.60. The number of H-pyrrole nitrogens is 1. The molecule has 0 radical (unpaired) electrons. The van der Waals surface area contributed by atoms with E-state index < -0.39 is 17.6 Å². The molecule has 3 aromatic carbocycles. The van der Waals surface area contributed by atoms with Crippen molar-refractivity contribution >= 4 is 57.8 Å². The second kappa shape index (κ2) is 15.8. The van der Waals surface area contributed by atoms with Gasteiger partial charge in [0.2, 0.25) is 0 Å². The van der Waals surface area contributed by atoms with Crippen molar-refractivity contribution in [2.24, 2.45) is 0 Å². The molecule has 11 nitrogen and oxygen atoms in total. The summed E-state index contributed by atoms with van der Waals surface area (Å²) in [7, 11) is 5.93. The van der Waals surface area contributed by atoms with Crippen LogP contribution in [0.2, 0.25) is 0 Å². The smallest absolute Gasteiger partial charge is 0.369 e. The summed E-state index contributed by atoms with van der Waals surface area (Å²) < 4.78 is 41.6. The number of aryl methyl sites for hydroxylation is 1. The van der Waals surface area contributed by atoms with Gasteiger partial charge in [-0.3, -0.25) is 14.4 Å². The van der Waals surface area contributed by atoms with Crippen LogP contribution in [0.5, 0.6) is 0 Å². The predicted molar refractivity (Wildman–Crippen MR) is 208 cm³/mol. The first-order valence-electron chi connectivity index (χ1n) is 17.8. The molecule has 0 saturated carbocycles. The second-order valence-corrected chi connectivity index (χ2v) is 14.1. The van der Waals surface area contributed by atoms with E-state index >= 15 is 0 Å². The highest BCUT2D eigenvalue weighted by Crippen LogP contribution is 2.37. The van der Waals surface area contributed by atoms with Crippen molar-refractivity contribution < 1.29 is 27.6 Å². The van der Waals surface area contributed by atoms with Gasteiger partial charge in [-0.15, -0.1) is 0 Å². The van der Waals surface area contributed by atoms with Crippen molar-refractivity contribution in [1.82, 2.24) is 20.1 Å². The standard InChI is InChI=1S/C40H45F3N8O3/c1-24-34(45-25(2)36(24)39(54)44-12-7-13-49(3)4)23-33-32-11-10-30(22-35(32)48-38(33)53)46-28-8-6-9-29(21-28)47-37(52)26-18-27(40(41,42)43)20-31(19-26)51-16-14-50(5)15-17-51/h6,8-11,18-23,45-46H,7,12-17H2,1-5H3,(H,44,54)(H,47,52)(H,48,53). The van der Waals surface area contributed by atoms with E-state index in [1.165, 1.54) is 6.07 Å². The number of aromatic nitrogens is 1. The zero-order chi connectivity index (χ0) is 38.7. The SMILES string of the molecule is Cc1[nH]c(C=C2C(=O)Nc3cc(Nc4cccc(NC(=O)c5cc(N6CCN(C)CC6)cc(C(F)(F)F)c5)c4)ccc32)c(C)c1C(=O)NCCCN(C)C. The largest absolute Gasteiger partial charge is 0.416 e. The molecule has 1 saturated heterocycles. The number of benzene rings is 3. The average Bonchev–Trinajstić information content (AvgIpc) is 3.58. The first-order valence-corrected chi connectivity index (χ1v) is 17.8. The van der Waals surface area contributed by atoms with Gasteiger partial charge in [0.1, 0.15) is 0 Å². The number of hydrogen-bond acceptors (Lipinski definition) is 7. The van der Waals surface area contributed by atoms with Crippen molar-refractivity contribution in [1.29, 1.82) is 0 Å². The van der Waals surface area contributed by atoms with Crippen LogP contribution in [-0.4, -0.2) is 92.9 Å². The molecule has 1 fully saturated rings. The van der Waals surface area contributed by atoms with Crippen LogP contribution < -0.4 is 26.2 Å². The Labute approximate surface area is 312 Å². The number of nitrogens with one attached hydrogen (secondary N) is 5. The topological polar surface area (TPSA) is 125 Å². The molecule has 0 bridgehead atoms. The zero-order valence-corrected chi connectivity index (χ0v) is 31.0. The Morgan fingerprint density at radius 2 is 1.65 bits per heavy atom. The highest BCUT2D eigenvalue weighted by atomic mass is 19.4. The molecule has 3 heterocycles. The van der Waals surface area contributed by atoms with E-state index in [0.29, 0.717) is 89.2 Å². The molecule has 0 aliphatic carbocycles. The number of piperazine rings is 1. The fourth-order valence-electron chi connectivity index (χ4n) is 6.70. The third-order valence-electron chi connectivity index (χ3n) is 9.65. The molecule has 1 aromatic heterocycles. The minimum Gasteiger partial charge on any atom is -0.369 e. The van der Waals surface area contributed by atoms with Gasteiger partial charge in [-0.25, -0.2) is 0 Å². The summed E-state index contributed by atoms with van der Waals surface area (Å²) >= 11 is 0. The highest BCUT2D eigenvalue weighted by Gasteiger charge is 2.33.